The van der Waals surface area contributed by atoms with Crippen LogP contribution in [0.25, 0.3) is 0 Å². The van der Waals surface area contributed by atoms with Gasteiger partial charge in [-0.25, -0.2) is 0 Å². The highest BCUT2D eigenvalue weighted by Gasteiger charge is 1.80. The summed E-state index contributed by atoms with van der Waals surface area (Å²) in [6.07, 6.45) is 0.865. The molecule has 0 amide bonds. The molecule has 0 aliphatic rings. The van der Waals surface area contributed by atoms with Crippen molar-refractivity contribution in [2.45, 2.75) is 6.42 Å². The summed E-state index contributed by atoms with van der Waals surface area (Å²) in [4.78, 5) is 0. The van der Waals surface area contributed by atoms with Gasteiger partial charge in [0.25, 0.3) is 0 Å². The quantitative estimate of drug-likeness (QED) is 0.526. The summed E-state index contributed by atoms with van der Waals surface area (Å²) in [6.45, 7) is 6.15. The molecule has 0 saturated carbocycles. The van der Waals surface area contributed by atoms with E-state index < -0.39 is 0 Å². The Balaban J connectivity index is 2.53. The zero-order chi connectivity index (χ0) is 6.24. The highest BCUT2D eigenvalue weighted by atomic mass is 16.5. The third-order valence-electron chi connectivity index (χ3n) is 0.785. The molecule has 0 unspecified atom stereocenters. The van der Waals surface area contributed by atoms with E-state index in [2.05, 4.69) is 12.2 Å². The summed E-state index contributed by atoms with van der Waals surface area (Å²) in [5.41, 5.74) is 0. The Hall–Kier alpha value is -0.0800. The minimum Gasteiger partial charge on any atom is -0.380 e. The van der Waals surface area contributed by atoms with Crippen molar-refractivity contribution in [1.82, 2.24) is 5.32 Å². The monoisotopic (exact) mass is 116 g/mol. The van der Waals surface area contributed by atoms with Gasteiger partial charge in [0.15, 0.2) is 0 Å². The van der Waals surface area contributed by atoms with Gasteiger partial charge in [0.1, 0.15) is 0 Å². The zero-order valence-corrected chi connectivity index (χ0v) is 5.44. The predicted molar refractivity (Wildman–Crippen MR) is 34.7 cm³/mol. The number of nitrogens with one attached hydrogen (secondary N) is 1. The first-order valence-corrected chi connectivity index (χ1v) is 2.93. The van der Waals surface area contributed by atoms with Gasteiger partial charge in [-0.1, -0.05) is 6.92 Å². The van der Waals surface area contributed by atoms with Crippen molar-refractivity contribution in [3.63, 3.8) is 0 Å². The van der Waals surface area contributed by atoms with Crippen LogP contribution in [0.5, 0.6) is 0 Å². The summed E-state index contributed by atoms with van der Waals surface area (Å²) in [5.74, 6) is 0. The Morgan fingerprint density at radius 2 is 2.25 bits per heavy atom. The average molecular weight is 116 g/mol. The van der Waals surface area contributed by atoms with Crippen LogP contribution in [0, 0.1) is 6.92 Å². The maximum absolute atomic E-state index is 5.10. The Morgan fingerprint density at radius 3 is 2.75 bits per heavy atom. The van der Waals surface area contributed by atoms with Gasteiger partial charge in [-0.15, -0.1) is 0 Å². The highest BCUT2D eigenvalue weighted by Crippen LogP contribution is 1.76. The Bertz CT molecular complexity index is 33.5. The Kier molecular flexibility index (Phi) is 6.85. The third kappa shape index (κ3) is 5.92. The standard InChI is InChI=1S/C6H14NO/c1-3-5-8-6-4-7-2/h7H,1,3-6H2,2H3. The van der Waals surface area contributed by atoms with Crippen LogP contribution >= 0.6 is 0 Å². The lowest BCUT2D eigenvalue weighted by molar-refractivity contribution is 0.141. The largest absolute Gasteiger partial charge is 0.380 e. The molecule has 0 atom stereocenters. The van der Waals surface area contributed by atoms with E-state index in [-0.39, 0.29) is 0 Å². The molecule has 0 saturated heterocycles. The van der Waals surface area contributed by atoms with Crippen molar-refractivity contribution in [2.75, 3.05) is 26.8 Å². The van der Waals surface area contributed by atoms with Crippen LogP contribution in [0.2, 0.25) is 0 Å². The number of ether oxygens (including phenoxy) is 1. The predicted octanol–water partition coefficient (Wildman–Crippen LogP) is 0.447. The molecule has 0 aliphatic carbocycles. The maximum Gasteiger partial charge on any atom is 0.0590 e. The van der Waals surface area contributed by atoms with Gasteiger partial charge in [-0.2, -0.15) is 0 Å². The molecule has 0 heterocycles. The molecular formula is C6H14NO. The molecule has 49 valence electrons. The van der Waals surface area contributed by atoms with Crippen molar-refractivity contribution in [3.8, 4) is 0 Å². The molecular weight excluding hydrogens is 102 g/mol. The fourth-order valence-corrected chi connectivity index (χ4v) is 0.378. The van der Waals surface area contributed by atoms with E-state index >= 15 is 0 Å². The molecule has 1 N–H and O–H groups in total. The van der Waals surface area contributed by atoms with E-state index in [4.69, 9.17) is 4.74 Å². The molecule has 2 nitrogen and oxygen atoms in total. The summed E-state index contributed by atoms with van der Waals surface area (Å²) in [5, 5.41) is 2.98. The zero-order valence-electron chi connectivity index (χ0n) is 5.44. The van der Waals surface area contributed by atoms with Crippen LogP contribution in [0.1, 0.15) is 6.42 Å². The highest BCUT2D eigenvalue weighted by molar-refractivity contribution is 4.38. The fraction of sp³-hybridized carbons (Fsp3) is 0.833. The second kappa shape index (κ2) is 6.92. The molecule has 0 aromatic heterocycles. The van der Waals surface area contributed by atoms with Crippen molar-refractivity contribution in [3.05, 3.63) is 6.92 Å². The third-order valence-corrected chi connectivity index (χ3v) is 0.785. The van der Waals surface area contributed by atoms with Crippen molar-refractivity contribution in [1.29, 1.82) is 0 Å². The Labute approximate surface area is 51.2 Å². The molecule has 0 rings (SSSR count). The van der Waals surface area contributed by atoms with Gasteiger partial charge in [0.05, 0.1) is 6.61 Å². The lowest BCUT2D eigenvalue weighted by atomic mass is 10.5. The van der Waals surface area contributed by atoms with E-state index in [1.807, 2.05) is 7.05 Å². The first-order valence-electron chi connectivity index (χ1n) is 2.93. The van der Waals surface area contributed by atoms with E-state index in [1.165, 1.54) is 0 Å². The number of rotatable bonds is 5. The topological polar surface area (TPSA) is 21.3 Å². The minimum absolute atomic E-state index is 0.779. The second-order valence-corrected chi connectivity index (χ2v) is 1.57. The summed E-state index contributed by atoms with van der Waals surface area (Å²) < 4.78 is 5.10. The molecule has 0 spiro atoms. The Morgan fingerprint density at radius 1 is 1.50 bits per heavy atom. The summed E-state index contributed by atoms with van der Waals surface area (Å²) >= 11 is 0. The van der Waals surface area contributed by atoms with Crippen LogP contribution in [-0.2, 0) is 4.74 Å². The van der Waals surface area contributed by atoms with Gasteiger partial charge in [-0.05, 0) is 13.5 Å². The van der Waals surface area contributed by atoms with Crippen molar-refractivity contribution < 1.29 is 4.74 Å². The van der Waals surface area contributed by atoms with Crippen molar-refractivity contribution >= 4 is 0 Å². The number of hydrogen-bond acceptors (Lipinski definition) is 2. The van der Waals surface area contributed by atoms with Crippen LogP contribution in [0.15, 0.2) is 0 Å². The van der Waals surface area contributed by atoms with Crippen LogP contribution < -0.4 is 5.32 Å². The van der Waals surface area contributed by atoms with E-state index in [9.17, 15) is 0 Å². The second-order valence-electron chi connectivity index (χ2n) is 1.57. The smallest absolute Gasteiger partial charge is 0.0590 e. The molecule has 8 heavy (non-hydrogen) atoms. The molecule has 0 aromatic rings. The SMILES string of the molecule is [CH2]CCOCCNC. The van der Waals surface area contributed by atoms with E-state index in [1.54, 1.807) is 0 Å². The molecule has 0 aromatic carbocycles. The lowest BCUT2D eigenvalue weighted by Crippen LogP contribution is -2.14. The van der Waals surface area contributed by atoms with Gasteiger partial charge in [0.2, 0.25) is 0 Å². The number of hydrogen-bond donors (Lipinski definition) is 1. The van der Waals surface area contributed by atoms with Gasteiger partial charge in [-0.3, -0.25) is 0 Å². The van der Waals surface area contributed by atoms with E-state index in [0.717, 1.165) is 26.2 Å². The van der Waals surface area contributed by atoms with Crippen molar-refractivity contribution in [2.24, 2.45) is 0 Å². The molecule has 0 aliphatic heterocycles. The normalized spacial score (nSPS) is 9.75. The summed E-state index contributed by atoms with van der Waals surface area (Å²) in [7, 11) is 1.91. The first-order chi connectivity index (χ1) is 3.91. The molecule has 0 fully saturated rings. The van der Waals surface area contributed by atoms with Crippen LogP contribution in [0.4, 0.5) is 0 Å². The molecule has 1 radical (unpaired) electrons. The molecule has 2 heteroatoms. The maximum atomic E-state index is 5.10. The lowest BCUT2D eigenvalue weighted by Gasteiger charge is -1.98. The minimum atomic E-state index is 0.779. The molecule has 0 bridgehead atoms. The number of likely N-dealkylation sites (N-methyl/N-ethyl adjacent to an activating group) is 1. The van der Waals surface area contributed by atoms with Gasteiger partial charge >= 0.3 is 0 Å². The fourth-order valence-electron chi connectivity index (χ4n) is 0.378. The van der Waals surface area contributed by atoms with E-state index in [0.29, 0.717) is 0 Å². The van der Waals surface area contributed by atoms with Crippen LogP contribution in [-0.4, -0.2) is 26.8 Å². The summed E-state index contributed by atoms with van der Waals surface area (Å²) in [6, 6.07) is 0. The first kappa shape index (κ1) is 7.92. The van der Waals surface area contributed by atoms with Gasteiger partial charge in [0, 0.05) is 13.2 Å². The van der Waals surface area contributed by atoms with Crippen LogP contribution in [0.3, 0.4) is 0 Å². The average Bonchev–Trinajstić information content (AvgIpc) is 1.81. The van der Waals surface area contributed by atoms with Gasteiger partial charge < -0.3 is 10.1 Å².